The van der Waals surface area contributed by atoms with E-state index in [2.05, 4.69) is 54.4 Å². The van der Waals surface area contributed by atoms with Crippen molar-refractivity contribution >= 4 is 6.08 Å². The van der Waals surface area contributed by atoms with Crippen molar-refractivity contribution in [2.45, 2.75) is 42.4 Å². The van der Waals surface area contributed by atoms with Crippen molar-refractivity contribution in [1.82, 2.24) is 4.90 Å². The van der Waals surface area contributed by atoms with Crippen LogP contribution < -0.4 is 9.47 Å². The van der Waals surface area contributed by atoms with Crippen LogP contribution in [0.2, 0.25) is 0 Å². The van der Waals surface area contributed by atoms with Crippen LogP contribution in [0.5, 0.6) is 11.5 Å². The molecule has 4 atom stereocenters. The Hall–Kier alpha value is -3.07. The quantitative estimate of drug-likeness (QED) is 0.695. The largest absolute Gasteiger partial charge is 0.493 e. The number of likely N-dealkylation sites (N-methyl/N-ethyl adjacent to an activating group) is 1. The van der Waals surface area contributed by atoms with Crippen LogP contribution >= 0.6 is 0 Å². The highest BCUT2D eigenvalue weighted by molar-refractivity contribution is 5.65. The fourth-order valence-corrected chi connectivity index (χ4v) is 6.83. The van der Waals surface area contributed by atoms with Crippen molar-refractivity contribution in [3.05, 3.63) is 76.9 Å². The number of piperidine rings is 1. The third-order valence-electron chi connectivity index (χ3n) is 8.24. The van der Waals surface area contributed by atoms with E-state index in [-0.39, 0.29) is 17.6 Å². The molecule has 0 aromatic heterocycles. The van der Waals surface area contributed by atoms with Gasteiger partial charge in [-0.1, -0.05) is 54.6 Å². The van der Waals surface area contributed by atoms with Gasteiger partial charge in [-0.25, -0.2) is 0 Å². The molecule has 5 nitrogen and oxygen atoms in total. The highest BCUT2D eigenvalue weighted by Gasteiger charge is 2.72. The van der Waals surface area contributed by atoms with Crippen molar-refractivity contribution < 1.29 is 14.2 Å². The highest BCUT2D eigenvalue weighted by Crippen LogP contribution is 2.66. The molecule has 33 heavy (non-hydrogen) atoms. The summed E-state index contributed by atoms with van der Waals surface area (Å²) >= 11 is 0. The molecule has 4 aliphatic rings. The van der Waals surface area contributed by atoms with Crippen LogP contribution in [0, 0.1) is 11.3 Å². The average Bonchev–Trinajstić information content (AvgIpc) is 3.20. The number of rotatable bonds is 5. The second kappa shape index (κ2) is 7.48. The van der Waals surface area contributed by atoms with Crippen LogP contribution in [0.4, 0.5) is 0 Å². The summed E-state index contributed by atoms with van der Waals surface area (Å²) in [6.07, 6.45) is 8.43. The Kier molecular flexibility index (Phi) is 4.65. The maximum atomic E-state index is 10.00. The fourth-order valence-electron chi connectivity index (χ4n) is 6.83. The molecular weight excluding hydrogens is 412 g/mol. The Labute approximate surface area is 194 Å². The van der Waals surface area contributed by atoms with Crippen molar-refractivity contribution in [1.29, 1.82) is 5.26 Å². The van der Waals surface area contributed by atoms with E-state index in [0.717, 1.165) is 36.4 Å². The Bertz CT molecular complexity index is 1200. The van der Waals surface area contributed by atoms with Gasteiger partial charge in [-0.2, -0.15) is 5.26 Å². The molecule has 0 unspecified atom stereocenters. The number of nitriles is 1. The summed E-state index contributed by atoms with van der Waals surface area (Å²) in [7, 11) is 3.88. The summed E-state index contributed by atoms with van der Waals surface area (Å²) in [5.41, 5.74) is 3.53. The lowest BCUT2D eigenvalue weighted by molar-refractivity contribution is -0.185. The van der Waals surface area contributed by atoms with Crippen LogP contribution in [0.25, 0.3) is 6.08 Å². The first kappa shape index (κ1) is 20.5. The first-order valence-electron chi connectivity index (χ1n) is 11.7. The molecule has 2 aromatic carbocycles. The number of nitrogens with zero attached hydrogens (tertiary/aromatic N) is 2. The van der Waals surface area contributed by atoms with E-state index in [9.17, 15) is 5.26 Å². The summed E-state index contributed by atoms with van der Waals surface area (Å²) in [5.74, 6) is 1.55. The van der Waals surface area contributed by atoms with Gasteiger partial charge < -0.3 is 19.1 Å². The maximum Gasteiger partial charge on any atom is 0.166 e. The Morgan fingerprint density at radius 2 is 2.09 bits per heavy atom. The van der Waals surface area contributed by atoms with Gasteiger partial charge in [0.25, 0.3) is 0 Å². The zero-order chi connectivity index (χ0) is 22.6. The number of ether oxygens (including phenoxy) is 3. The van der Waals surface area contributed by atoms with Gasteiger partial charge in [-0.3, -0.25) is 0 Å². The first-order chi connectivity index (χ1) is 16.1. The molecule has 5 heteroatoms. The summed E-state index contributed by atoms with van der Waals surface area (Å²) in [5, 5.41) is 10.00. The zero-order valence-electron chi connectivity index (χ0n) is 19.1. The number of methoxy groups -OCH3 is 1. The van der Waals surface area contributed by atoms with Gasteiger partial charge in [0.2, 0.25) is 0 Å². The molecule has 0 N–H and O–H groups in total. The van der Waals surface area contributed by atoms with Crippen LogP contribution in [-0.2, 0) is 16.6 Å². The van der Waals surface area contributed by atoms with E-state index in [1.807, 2.05) is 24.3 Å². The van der Waals surface area contributed by atoms with Crippen LogP contribution in [0.1, 0.15) is 29.5 Å². The minimum atomic E-state index is -0.462. The lowest BCUT2D eigenvalue weighted by atomic mass is 9.49. The van der Waals surface area contributed by atoms with Crippen LogP contribution in [0.15, 0.2) is 60.2 Å². The van der Waals surface area contributed by atoms with E-state index in [0.29, 0.717) is 18.6 Å². The summed E-state index contributed by atoms with van der Waals surface area (Å²) in [4.78, 5) is 2.44. The first-order valence-corrected chi connectivity index (χ1v) is 11.7. The van der Waals surface area contributed by atoms with Gasteiger partial charge in [0.15, 0.2) is 11.5 Å². The fraction of sp³-hybridized carbons (Fsp3) is 0.393. The van der Waals surface area contributed by atoms with Gasteiger partial charge >= 0.3 is 0 Å². The molecule has 6 rings (SSSR count). The molecule has 1 saturated heterocycles. The third-order valence-corrected chi connectivity index (χ3v) is 8.24. The smallest absolute Gasteiger partial charge is 0.166 e. The van der Waals surface area contributed by atoms with E-state index in [4.69, 9.17) is 14.2 Å². The Morgan fingerprint density at radius 1 is 1.24 bits per heavy atom. The minimum Gasteiger partial charge on any atom is -0.493 e. The summed E-state index contributed by atoms with van der Waals surface area (Å²) < 4.78 is 19.2. The van der Waals surface area contributed by atoms with E-state index in [1.165, 1.54) is 11.1 Å². The van der Waals surface area contributed by atoms with Gasteiger partial charge in [-0.05, 0) is 50.0 Å². The summed E-state index contributed by atoms with van der Waals surface area (Å²) in [6.45, 7) is 1.46. The minimum absolute atomic E-state index is 0.214. The van der Waals surface area contributed by atoms with Gasteiger partial charge in [-0.15, -0.1) is 0 Å². The normalized spacial score (nSPS) is 31.5. The lowest BCUT2D eigenvalue weighted by Gasteiger charge is -2.63. The molecule has 1 spiro atoms. The predicted octanol–water partition coefficient (Wildman–Crippen LogP) is 4.28. The predicted molar refractivity (Wildman–Crippen MR) is 126 cm³/mol. The third kappa shape index (κ3) is 2.65. The maximum absolute atomic E-state index is 10.00. The van der Waals surface area contributed by atoms with E-state index < -0.39 is 5.60 Å². The molecule has 0 radical (unpaired) electrons. The second-order valence-corrected chi connectivity index (χ2v) is 9.54. The standard InChI is InChI=1S/C28H28N2O3/c1-30-15-14-27-24-20-10-11-22(31-2)25(24)33-26(27)21(18-29)12-13-28(27,23(30)17-20)32-16-6-9-19-7-4-3-5-8-19/h3-12,23,26H,13-17H2,1-2H3/b9-6+/t23-,26+,27+,28-/m1/s1. The monoisotopic (exact) mass is 440 g/mol. The van der Waals surface area contributed by atoms with Crippen molar-refractivity contribution in [2.75, 3.05) is 27.3 Å². The second-order valence-electron chi connectivity index (χ2n) is 9.54. The van der Waals surface area contributed by atoms with Crippen LogP contribution in [0.3, 0.4) is 0 Å². The Morgan fingerprint density at radius 3 is 2.88 bits per heavy atom. The molecule has 2 aromatic rings. The molecule has 2 heterocycles. The number of hydrogen-bond donors (Lipinski definition) is 0. The molecular formula is C28H28N2O3. The van der Waals surface area contributed by atoms with E-state index in [1.54, 1.807) is 7.11 Å². The van der Waals surface area contributed by atoms with Crippen LogP contribution in [-0.4, -0.2) is 50.0 Å². The molecule has 2 aliphatic heterocycles. The molecule has 168 valence electrons. The Balaban J connectivity index is 1.48. The van der Waals surface area contributed by atoms with Gasteiger partial charge in [0.05, 0.1) is 30.8 Å². The topological polar surface area (TPSA) is 54.7 Å². The molecule has 2 bridgehead atoms. The van der Waals surface area contributed by atoms with Crippen molar-refractivity contribution in [3.8, 4) is 17.6 Å². The SMILES string of the molecule is COc1ccc2c3c1O[C@H]1C(C#N)=CC[C@@]4(OC/C=C/c5ccccc5)[C@@H](C2)N(C)CC[C@]314. The summed E-state index contributed by atoms with van der Waals surface area (Å²) in [6, 6.07) is 17.1. The zero-order valence-corrected chi connectivity index (χ0v) is 19.1. The van der Waals surface area contributed by atoms with Gasteiger partial charge in [0, 0.05) is 11.6 Å². The average molecular weight is 441 g/mol. The number of hydrogen-bond acceptors (Lipinski definition) is 5. The van der Waals surface area contributed by atoms with Crippen molar-refractivity contribution in [2.24, 2.45) is 0 Å². The lowest BCUT2D eigenvalue weighted by Crippen LogP contribution is -2.75. The molecule has 2 aliphatic carbocycles. The molecule has 1 fully saturated rings. The number of benzene rings is 2. The van der Waals surface area contributed by atoms with E-state index >= 15 is 0 Å². The van der Waals surface area contributed by atoms with Crippen molar-refractivity contribution in [3.63, 3.8) is 0 Å². The molecule has 0 amide bonds. The molecule has 0 saturated carbocycles. The van der Waals surface area contributed by atoms with Gasteiger partial charge in [0.1, 0.15) is 11.7 Å². The number of likely N-dealkylation sites (tertiary alicyclic amines) is 1. The highest BCUT2D eigenvalue weighted by atomic mass is 16.5.